The van der Waals surface area contributed by atoms with Crippen LogP contribution in [0.5, 0.6) is 11.5 Å². The van der Waals surface area contributed by atoms with Crippen molar-refractivity contribution in [1.82, 2.24) is 14.8 Å². The van der Waals surface area contributed by atoms with Crippen LogP contribution in [0.1, 0.15) is 17.8 Å². The highest BCUT2D eigenvalue weighted by molar-refractivity contribution is 7.22. The molecule has 3 rings (SSSR count). The molecule has 0 bridgehead atoms. The van der Waals surface area contributed by atoms with Gasteiger partial charge in [0.1, 0.15) is 0 Å². The maximum absolute atomic E-state index is 12.2. The number of anilines is 1. The molecule has 0 aliphatic carbocycles. The molecule has 0 atom stereocenters. The van der Waals surface area contributed by atoms with Crippen molar-refractivity contribution < 1.29 is 14.3 Å². The van der Waals surface area contributed by atoms with Gasteiger partial charge in [0.05, 0.1) is 30.1 Å². The van der Waals surface area contributed by atoms with Crippen molar-refractivity contribution in [2.75, 3.05) is 19.5 Å². The number of aryl methyl sites for hydroxylation is 3. The van der Waals surface area contributed by atoms with Crippen molar-refractivity contribution in [3.63, 3.8) is 0 Å². The van der Waals surface area contributed by atoms with Crippen LogP contribution in [-0.4, -0.2) is 34.9 Å². The largest absolute Gasteiger partial charge is 0.493 e. The molecular formula is C17H20N4O3S. The average molecular weight is 360 g/mol. The number of benzene rings is 1. The molecule has 0 aliphatic rings. The zero-order chi connectivity index (χ0) is 18.0. The Morgan fingerprint density at radius 3 is 2.56 bits per heavy atom. The predicted molar refractivity (Wildman–Crippen MR) is 97.7 cm³/mol. The lowest BCUT2D eigenvalue weighted by Crippen LogP contribution is -2.15. The number of amides is 1. The van der Waals surface area contributed by atoms with E-state index in [0.29, 0.717) is 29.6 Å². The van der Waals surface area contributed by atoms with Crippen LogP contribution in [0.25, 0.3) is 10.2 Å². The number of carbonyl (C=O) groups is 1. The Labute approximate surface area is 149 Å². The number of hydrogen-bond donors (Lipinski definition) is 1. The van der Waals surface area contributed by atoms with Gasteiger partial charge in [-0.2, -0.15) is 5.10 Å². The topological polar surface area (TPSA) is 78.3 Å². The van der Waals surface area contributed by atoms with Gasteiger partial charge in [-0.25, -0.2) is 4.98 Å². The summed E-state index contributed by atoms with van der Waals surface area (Å²) < 4.78 is 13.3. The average Bonchev–Trinajstić information content (AvgIpc) is 3.12. The first-order valence-electron chi connectivity index (χ1n) is 7.83. The Balaban J connectivity index is 1.69. The Hall–Kier alpha value is -2.61. The van der Waals surface area contributed by atoms with Gasteiger partial charge < -0.3 is 14.8 Å². The normalized spacial score (nSPS) is 10.9. The molecule has 1 amide bonds. The second kappa shape index (κ2) is 7.10. The lowest BCUT2D eigenvalue weighted by Gasteiger charge is -2.05. The molecule has 2 aromatic heterocycles. The molecule has 0 aliphatic heterocycles. The van der Waals surface area contributed by atoms with Crippen molar-refractivity contribution in [3.8, 4) is 11.5 Å². The van der Waals surface area contributed by atoms with Crippen LogP contribution in [0.4, 0.5) is 5.13 Å². The van der Waals surface area contributed by atoms with Gasteiger partial charge >= 0.3 is 0 Å². The van der Waals surface area contributed by atoms with Gasteiger partial charge in [-0.3, -0.25) is 9.48 Å². The number of aromatic nitrogens is 3. The molecule has 8 heteroatoms. The van der Waals surface area contributed by atoms with Crippen LogP contribution < -0.4 is 14.8 Å². The van der Waals surface area contributed by atoms with Crippen molar-refractivity contribution in [2.45, 2.75) is 26.8 Å². The Kier molecular flexibility index (Phi) is 4.89. The molecule has 7 nitrogen and oxygen atoms in total. The fourth-order valence-electron chi connectivity index (χ4n) is 2.60. The minimum absolute atomic E-state index is 0.0921. The molecule has 0 radical (unpaired) electrons. The summed E-state index contributed by atoms with van der Waals surface area (Å²) in [5.41, 5.74) is 2.76. The number of hydrogen-bond acceptors (Lipinski definition) is 6. The van der Waals surface area contributed by atoms with Crippen molar-refractivity contribution >= 4 is 32.6 Å². The van der Waals surface area contributed by atoms with Crippen molar-refractivity contribution in [3.05, 3.63) is 29.6 Å². The van der Waals surface area contributed by atoms with Crippen LogP contribution in [0, 0.1) is 13.8 Å². The number of rotatable bonds is 6. The van der Waals surface area contributed by atoms with E-state index in [0.717, 1.165) is 21.6 Å². The summed E-state index contributed by atoms with van der Waals surface area (Å²) in [4.78, 5) is 16.6. The van der Waals surface area contributed by atoms with Crippen LogP contribution in [0.2, 0.25) is 0 Å². The zero-order valence-electron chi connectivity index (χ0n) is 14.6. The van der Waals surface area contributed by atoms with E-state index >= 15 is 0 Å². The summed E-state index contributed by atoms with van der Waals surface area (Å²) in [5, 5.41) is 7.77. The third kappa shape index (κ3) is 3.74. The molecule has 2 heterocycles. The zero-order valence-corrected chi connectivity index (χ0v) is 15.4. The van der Waals surface area contributed by atoms with Gasteiger partial charge in [0, 0.05) is 30.8 Å². The number of methoxy groups -OCH3 is 2. The summed E-state index contributed by atoms with van der Waals surface area (Å²) in [6.45, 7) is 4.46. The fraction of sp³-hybridized carbons (Fsp3) is 0.353. The monoisotopic (exact) mass is 360 g/mol. The number of fused-ring (bicyclic) bond motifs is 1. The smallest absolute Gasteiger partial charge is 0.228 e. The molecule has 132 valence electrons. The molecule has 0 spiro atoms. The summed E-state index contributed by atoms with van der Waals surface area (Å²) in [6, 6.07) is 5.65. The van der Waals surface area contributed by atoms with E-state index in [9.17, 15) is 4.79 Å². The van der Waals surface area contributed by atoms with Crippen LogP contribution in [-0.2, 0) is 11.3 Å². The number of ether oxygens (including phenoxy) is 2. The first kappa shape index (κ1) is 17.2. The number of nitrogens with zero attached hydrogens (tertiary/aromatic N) is 3. The van der Waals surface area contributed by atoms with Gasteiger partial charge in [-0.15, -0.1) is 0 Å². The molecule has 0 saturated carbocycles. The quantitative estimate of drug-likeness (QED) is 0.730. The molecule has 3 aromatic rings. The molecule has 0 saturated heterocycles. The number of nitrogens with one attached hydrogen (secondary N) is 1. The highest BCUT2D eigenvalue weighted by atomic mass is 32.1. The van der Waals surface area contributed by atoms with E-state index < -0.39 is 0 Å². The summed E-state index contributed by atoms with van der Waals surface area (Å²) in [5.74, 6) is 1.16. The van der Waals surface area contributed by atoms with E-state index in [4.69, 9.17) is 9.47 Å². The summed E-state index contributed by atoms with van der Waals surface area (Å²) in [7, 11) is 3.17. The Morgan fingerprint density at radius 2 is 1.92 bits per heavy atom. The molecular weight excluding hydrogens is 340 g/mol. The summed E-state index contributed by atoms with van der Waals surface area (Å²) in [6.07, 6.45) is 0.338. The maximum Gasteiger partial charge on any atom is 0.228 e. The fourth-order valence-corrected chi connectivity index (χ4v) is 3.49. The second-order valence-electron chi connectivity index (χ2n) is 5.64. The third-order valence-corrected chi connectivity index (χ3v) is 4.73. The lowest BCUT2D eigenvalue weighted by atomic mass is 10.3. The molecule has 0 fully saturated rings. The van der Waals surface area contributed by atoms with E-state index in [1.54, 1.807) is 20.3 Å². The molecule has 1 aromatic carbocycles. The first-order valence-corrected chi connectivity index (χ1v) is 8.65. The van der Waals surface area contributed by atoms with Crippen LogP contribution in [0.3, 0.4) is 0 Å². The minimum atomic E-state index is -0.0921. The highest BCUT2D eigenvalue weighted by Crippen LogP contribution is 2.36. The Morgan fingerprint density at radius 1 is 1.20 bits per heavy atom. The van der Waals surface area contributed by atoms with Gasteiger partial charge in [0.25, 0.3) is 0 Å². The lowest BCUT2D eigenvalue weighted by molar-refractivity contribution is -0.116. The van der Waals surface area contributed by atoms with Gasteiger partial charge in [0.2, 0.25) is 5.91 Å². The van der Waals surface area contributed by atoms with Crippen molar-refractivity contribution in [2.24, 2.45) is 0 Å². The maximum atomic E-state index is 12.2. The molecule has 0 unspecified atom stereocenters. The van der Waals surface area contributed by atoms with E-state index in [2.05, 4.69) is 15.4 Å². The van der Waals surface area contributed by atoms with Crippen molar-refractivity contribution in [1.29, 1.82) is 0 Å². The molecule has 25 heavy (non-hydrogen) atoms. The van der Waals surface area contributed by atoms with E-state index in [1.807, 2.05) is 30.7 Å². The summed E-state index contributed by atoms with van der Waals surface area (Å²) >= 11 is 1.40. The number of carbonyl (C=O) groups excluding carboxylic acids is 1. The third-order valence-electron chi connectivity index (χ3n) is 3.79. The van der Waals surface area contributed by atoms with E-state index in [-0.39, 0.29) is 5.91 Å². The van der Waals surface area contributed by atoms with Gasteiger partial charge in [0.15, 0.2) is 16.6 Å². The standard InChI is InChI=1S/C17H20N4O3S/c1-10-7-11(2)21(20-10)6-5-16(22)19-17-18-12-8-13(23-3)14(24-4)9-15(12)25-17/h7-9H,5-6H2,1-4H3,(H,18,19,22). The SMILES string of the molecule is COc1cc2nc(NC(=O)CCn3nc(C)cc3C)sc2cc1OC. The minimum Gasteiger partial charge on any atom is -0.493 e. The van der Waals surface area contributed by atoms with Crippen LogP contribution in [0.15, 0.2) is 18.2 Å². The molecule has 1 N–H and O–H groups in total. The number of thiazole rings is 1. The predicted octanol–water partition coefficient (Wildman–Crippen LogP) is 3.16. The Bertz CT molecular complexity index is 875. The first-order chi connectivity index (χ1) is 12.0. The second-order valence-corrected chi connectivity index (χ2v) is 6.67. The van der Waals surface area contributed by atoms with Crippen LogP contribution >= 0.6 is 11.3 Å². The van der Waals surface area contributed by atoms with Gasteiger partial charge in [-0.1, -0.05) is 11.3 Å². The van der Waals surface area contributed by atoms with E-state index in [1.165, 1.54) is 11.3 Å². The highest BCUT2D eigenvalue weighted by Gasteiger charge is 2.13. The van der Waals surface area contributed by atoms with Gasteiger partial charge in [-0.05, 0) is 19.9 Å².